The molecule has 3 rings (SSSR count). The molecule has 9 heteroatoms. The first-order valence-corrected chi connectivity index (χ1v) is 9.35. The van der Waals surface area contributed by atoms with E-state index in [0.717, 1.165) is 23.4 Å². The van der Waals surface area contributed by atoms with E-state index in [9.17, 15) is 14.4 Å². The summed E-state index contributed by atoms with van der Waals surface area (Å²) in [5.74, 6) is -2.98. The number of aromatic carboxylic acids is 2. The minimum atomic E-state index is -1.28. The molecule has 1 aliphatic heterocycles. The minimum Gasteiger partial charge on any atom is -0.478 e. The van der Waals surface area contributed by atoms with Crippen molar-refractivity contribution in [3.63, 3.8) is 0 Å². The van der Waals surface area contributed by atoms with Crippen molar-refractivity contribution in [2.75, 3.05) is 0 Å². The highest BCUT2D eigenvalue weighted by molar-refractivity contribution is 8.18. The second kappa shape index (κ2) is 8.76. The molecule has 0 aromatic heterocycles. The van der Waals surface area contributed by atoms with E-state index in [2.05, 4.69) is 10.3 Å². The lowest BCUT2D eigenvalue weighted by Gasteiger charge is -2.02. The van der Waals surface area contributed by atoms with Gasteiger partial charge in [0.25, 0.3) is 5.91 Å². The van der Waals surface area contributed by atoms with Crippen molar-refractivity contribution in [1.29, 1.82) is 0 Å². The first-order valence-electron chi connectivity index (χ1n) is 8.15. The van der Waals surface area contributed by atoms with E-state index < -0.39 is 17.8 Å². The summed E-state index contributed by atoms with van der Waals surface area (Å²) < 4.78 is 0. The van der Waals surface area contributed by atoms with Gasteiger partial charge in [-0.25, -0.2) is 14.6 Å². The van der Waals surface area contributed by atoms with Crippen LogP contribution >= 0.6 is 23.4 Å². The van der Waals surface area contributed by atoms with Crippen molar-refractivity contribution in [3.05, 3.63) is 81.2 Å². The van der Waals surface area contributed by atoms with Crippen LogP contribution in [0, 0.1) is 0 Å². The largest absolute Gasteiger partial charge is 0.478 e. The number of benzene rings is 2. The number of amidine groups is 1. The minimum absolute atomic E-state index is 0.0947. The maximum atomic E-state index is 12.2. The van der Waals surface area contributed by atoms with Gasteiger partial charge in [-0.1, -0.05) is 41.9 Å². The lowest BCUT2D eigenvalue weighted by molar-refractivity contribution is -0.115. The lowest BCUT2D eigenvalue weighted by atomic mass is 10.1. The summed E-state index contributed by atoms with van der Waals surface area (Å²) in [5.41, 5.74) is 0.530. The predicted octanol–water partition coefficient (Wildman–Crippen LogP) is 4.10. The molecule has 2 aromatic rings. The van der Waals surface area contributed by atoms with E-state index >= 15 is 0 Å². The molecule has 0 aliphatic carbocycles. The number of halogens is 1. The number of nitrogens with one attached hydrogen (secondary N) is 1. The van der Waals surface area contributed by atoms with Crippen molar-refractivity contribution in [1.82, 2.24) is 5.32 Å². The molecule has 0 saturated carbocycles. The summed E-state index contributed by atoms with van der Waals surface area (Å²) in [4.78, 5) is 39.0. The topological polar surface area (TPSA) is 116 Å². The number of amides is 1. The van der Waals surface area contributed by atoms with Crippen LogP contribution in [-0.4, -0.2) is 33.2 Å². The van der Waals surface area contributed by atoms with Crippen LogP contribution < -0.4 is 5.32 Å². The molecular weight excluding hydrogens is 416 g/mol. The van der Waals surface area contributed by atoms with Gasteiger partial charge in [-0.05, 0) is 47.7 Å². The fraction of sp³-hybridized carbons (Fsp3) is 0. The Hall–Kier alpha value is -3.36. The molecule has 1 saturated heterocycles. The maximum Gasteiger partial charge on any atom is 0.335 e. The van der Waals surface area contributed by atoms with Gasteiger partial charge in [0.05, 0.1) is 21.7 Å². The Bertz CT molecular complexity index is 1060. The molecule has 0 spiro atoms. The van der Waals surface area contributed by atoms with Crippen LogP contribution in [0.2, 0.25) is 0 Å². The quantitative estimate of drug-likeness (QED) is 0.617. The van der Waals surface area contributed by atoms with Crippen molar-refractivity contribution in [2.45, 2.75) is 0 Å². The summed E-state index contributed by atoms with van der Waals surface area (Å²) in [7, 11) is 0. The SMILES string of the molecule is O=C1NC(=Nc2cc(C(=O)O)cc(C(=O)O)c2)S/C1=C\C(Cl)=C\c1ccccc1. The Morgan fingerprint density at radius 3 is 2.24 bits per heavy atom. The summed E-state index contributed by atoms with van der Waals surface area (Å²) >= 11 is 7.21. The van der Waals surface area contributed by atoms with Crippen LogP contribution in [0.15, 0.2) is 69.5 Å². The second-order valence-corrected chi connectivity index (χ2v) is 7.27. The molecule has 29 heavy (non-hydrogen) atoms. The highest BCUT2D eigenvalue weighted by Crippen LogP contribution is 2.29. The maximum absolute atomic E-state index is 12.2. The van der Waals surface area contributed by atoms with Gasteiger partial charge >= 0.3 is 11.9 Å². The molecular formula is C20H13ClN2O5S. The third-order valence-corrected chi connectivity index (χ3v) is 4.79. The molecule has 3 N–H and O–H groups in total. The van der Waals surface area contributed by atoms with E-state index in [1.54, 1.807) is 6.08 Å². The Labute approximate surface area is 174 Å². The number of hydrogen-bond acceptors (Lipinski definition) is 5. The average molecular weight is 429 g/mol. The summed E-state index contributed by atoms with van der Waals surface area (Å²) in [6, 6.07) is 12.8. The summed E-state index contributed by atoms with van der Waals surface area (Å²) in [5, 5.41) is 21.3. The molecule has 1 heterocycles. The van der Waals surface area contributed by atoms with Gasteiger partial charge in [0.15, 0.2) is 5.17 Å². The Kier molecular flexibility index (Phi) is 6.16. The zero-order chi connectivity index (χ0) is 21.0. The Morgan fingerprint density at radius 1 is 1.03 bits per heavy atom. The van der Waals surface area contributed by atoms with E-state index in [0.29, 0.717) is 9.94 Å². The molecule has 1 aliphatic rings. The number of hydrogen-bond donors (Lipinski definition) is 3. The van der Waals surface area contributed by atoms with Crippen LogP contribution in [0.4, 0.5) is 5.69 Å². The molecule has 1 fully saturated rings. The summed E-state index contributed by atoms with van der Waals surface area (Å²) in [6.07, 6.45) is 3.19. The van der Waals surface area contributed by atoms with E-state index in [4.69, 9.17) is 21.8 Å². The number of nitrogens with zero attached hydrogens (tertiary/aromatic N) is 1. The Balaban J connectivity index is 1.86. The summed E-state index contributed by atoms with van der Waals surface area (Å²) in [6.45, 7) is 0. The molecule has 0 bridgehead atoms. The van der Waals surface area contributed by atoms with Gasteiger partial charge in [-0.3, -0.25) is 4.79 Å². The van der Waals surface area contributed by atoms with Crippen LogP contribution in [-0.2, 0) is 4.79 Å². The molecule has 146 valence electrons. The molecule has 0 atom stereocenters. The smallest absolute Gasteiger partial charge is 0.335 e. The fourth-order valence-corrected chi connectivity index (χ4v) is 3.53. The highest BCUT2D eigenvalue weighted by Gasteiger charge is 2.24. The predicted molar refractivity (Wildman–Crippen MR) is 112 cm³/mol. The van der Waals surface area contributed by atoms with Crippen molar-refractivity contribution >= 4 is 58.1 Å². The zero-order valence-electron chi connectivity index (χ0n) is 14.6. The van der Waals surface area contributed by atoms with Crippen LogP contribution in [0.1, 0.15) is 26.3 Å². The Morgan fingerprint density at radius 2 is 1.66 bits per heavy atom. The second-order valence-electron chi connectivity index (χ2n) is 5.80. The molecule has 2 aromatic carbocycles. The number of aliphatic imine (C=N–C) groups is 1. The van der Waals surface area contributed by atoms with Gasteiger partial charge in [0, 0.05) is 5.03 Å². The van der Waals surface area contributed by atoms with E-state index in [1.165, 1.54) is 18.2 Å². The normalized spacial score (nSPS) is 16.9. The number of thioether (sulfide) groups is 1. The van der Waals surface area contributed by atoms with Gasteiger partial charge < -0.3 is 15.5 Å². The number of carbonyl (C=O) groups excluding carboxylic acids is 1. The number of carboxylic acid groups (broad SMARTS) is 2. The third kappa shape index (κ3) is 5.34. The third-order valence-electron chi connectivity index (χ3n) is 3.67. The van der Waals surface area contributed by atoms with Gasteiger partial charge in [-0.15, -0.1) is 0 Å². The number of rotatable bonds is 5. The van der Waals surface area contributed by atoms with Crippen LogP contribution in [0.25, 0.3) is 6.08 Å². The van der Waals surface area contributed by atoms with Crippen LogP contribution in [0.5, 0.6) is 0 Å². The van der Waals surface area contributed by atoms with Crippen molar-refractivity contribution in [2.24, 2.45) is 4.99 Å². The number of carbonyl (C=O) groups is 3. The standard InChI is InChI=1S/C20H13ClN2O5S/c21-14(6-11-4-2-1-3-5-11)10-16-17(24)23-20(29-16)22-15-8-12(18(25)26)7-13(9-15)19(27)28/h1-10H,(H,25,26)(H,27,28)(H,22,23,24)/b14-6-,16-10-. The van der Waals surface area contributed by atoms with Crippen molar-refractivity contribution in [3.8, 4) is 0 Å². The van der Waals surface area contributed by atoms with Crippen LogP contribution in [0.3, 0.4) is 0 Å². The highest BCUT2D eigenvalue weighted by atomic mass is 35.5. The fourth-order valence-electron chi connectivity index (χ4n) is 2.40. The molecule has 0 unspecified atom stereocenters. The average Bonchev–Trinajstić information content (AvgIpc) is 3.00. The van der Waals surface area contributed by atoms with E-state index in [1.807, 2.05) is 30.3 Å². The van der Waals surface area contributed by atoms with Crippen molar-refractivity contribution < 1.29 is 24.6 Å². The molecule has 7 nitrogen and oxygen atoms in total. The first-order chi connectivity index (χ1) is 13.8. The van der Waals surface area contributed by atoms with Gasteiger partial charge in [0.1, 0.15) is 0 Å². The lowest BCUT2D eigenvalue weighted by Crippen LogP contribution is -2.19. The molecule has 0 radical (unpaired) electrons. The van der Waals surface area contributed by atoms with E-state index in [-0.39, 0.29) is 22.0 Å². The van der Waals surface area contributed by atoms with Gasteiger partial charge in [-0.2, -0.15) is 0 Å². The zero-order valence-corrected chi connectivity index (χ0v) is 16.2. The number of allylic oxidation sites excluding steroid dienone is 2. The van der Waals surface area contributed by atoms with Gasteiger partial charge in [0.2, 0.25) is 0 Å². The molecule has 1 amide bonds. The first kappa shape index (κ1) is 20.4. The monoisotopic (exact) mass is 428 g/mol. The number of carboxylic acids is 2.